The van der Waals surface area contributed by atoms with E-state index in [-0.39, 0.29) is 5.56 Å². The van der Waals surface area contributed by atoms with Crippen LogP contribution < -0.4 is 10.5 Å². The lowest BCUT2D eigenvalue weighted by molar-refractivity contribution is 0.221. The molecule has 0 radical (unpaired) electrons. The van der Waals surface area contributed by atoms with Gasteiger partial charge >= 0.3 is 0 Å². The van der Waals surface area contributed by atoms with Crippen LogP contribution in [0, 0.1) is 6.92 Å². The van der Waals surface area contributed by atoms with E-state index in [4.69, 9.17) is 4.98 Å². The molecule has 1 fully saturated rings. The van der Waals surface area contributed by atoms with Crippen LogP contribution >= 0.6 is 11.3 Å². The summed E-state index contributed by atoms with van der Waals surface area (Å²) in [5, 5.41) is 3.32. The van der Waals surface area contributed by atoms with Gasteiger partial charge in [0.1, 0.15) is 5.82 Å². The number of hydrogen-bond acceptors (Lipinski definition) is 5. The third kappa shape index (κ3) is 3.95. The van der Waals surface area contributed by atoms with Gasteiger partial charge in [-0.05, 0) is 86.8 Å². The van der Waals surface area contributed by atoms with Gasteiger partial charge in [-0.2, -0.15) is 0 Å². The number of imidazole rings is 1. The fraction of sp³-hybridized carbons (Fsp3) is 0.481. The van der Waals surface area contributed by atoms with Crippen LogP contribution in [0.3, 0.4) is 0 Å². The highest BCUT2D eigenvalue weighted by Gasteiger charge is 2.19. The molecule has 0 atom stereocenters. The average molecular weight is 476 g/mol. The topological polar surface area (TPSA) is 45.8 Å². The SMILES string of the molecule is Cc1csc2nc(N(C)Cc3cc4cc5c(cc4n(CCN4CCCCC4)c3=O)CCC5)cn12. The predicted octanol–water partition coefficient (Wildman–Crippen LogP) is 4.63. The summed E-state index contributed by atoms with van der Waals surface area (Å²) in [6.07, 6.45) is 9.45. The Labute approximate surface area is 204 Å². The van der Waals surface area contributed by atoms with Crippen molar-refractivity contribution in [1.82, 2.24) is 18.9 Å². The van der Waals surface area contributed by atoms with Crippen LogP contribution in [0.25, 0.3) is 15.9 Å². The summed E-state index contributed by atoms with van der Waals surface area (Å²) in [7, 11) is 2.03. The Morgan fingerprint density at radius 3 is 2.62 bits per heavy atom. The molecule has 0 bridgehead atoms. The number of hydrogen-bond donors (Lipinski definition) is 0. The maximum Gasteiger partial charge on any atom is 0.256 e. The van der Waals surface area contributed by atoms with Gasteiger partial charge in [-0.3, -0.25) is 9.20 Å². The molecule has 0 saturated carbocycles. The van der Waals surface area contributed by atoms with Crippen molar-refractivity contribution in [2.24, 2.45) is 0 Å². The van der Waals surface area contributed by atoms with E-state index in [1.807, 2.05) is 7.05 Å². The van der Waals surface area contributed by atoms with Gasteiger partial charge in [-0.25, -0.2) is 4.98 Å². The highest BCUT2D eigenvalue weighted by atomic mass is 32.1. The lowest BCUT2D eigenvalue weighted by atomic mass is 10.0. The summed E-state index contributed by atoms with van der Waals surface area (Å²) in [6, 6.07) is 6.77. The number of rotatable bonds is 6. The number of fused-ring (bicyclic) bond motifs is 3. The lowest BCUT2D eigenvalue weighted by Gasteiger charge is -2.27. The standard InChI is InChI=1S/C27H33N5OS/c1-19-18-34-27-28-25(17-32(19)27)29(2)16-23-14-22-13-20-7-6-8-21(20)15-24(22)31(26(23)33)12-11-30-9-4-3-5-10-30/h13-15,17-18H,3-12,16H2,1-2H3. The molecule has 6 rings (SSSR count). The van der Waals surface area contributed by atoms with E-state index in [0.29, 0.717) is 6.54 Å². The van der Waals surface area contributed by atoms with E-state index in [9.17, 15) is 4.79 Å². The molecule has 178 valence electrons. The van der Waals surface area contributed by atoms with Crippen molar-refractivity contribution in [3.8, 4) is 0 Å². The third-order valence-electron chi connectivity index (χ3n) is 7.64. The third-order valence-corrected chi connectivity index (χ3v) is 8.60. The summed E-state index contributed by atoms with van der Waals surface area (Å²) in [5.41, 5.74) is 6.17. The van der Waals surface area contributed by atoms with Gasteiger partial charge < -0.3 is 14.4 Å². The van der Waals surface area contributed by atoms with Crippen LogP contribution in [0.15, 0.2) is 34.6 Å². The van der Waals surface area contributed by atoms with Crippen LogP contribution in [-0.2, 0) is 25.9 Å². The molecule has 0 unspecified atom stereocenters. The number of nitrogens with zero attached hydrogens (tertiary/aromatic N) is 5. The second-order valence-corrected chi connectivity index (χ2v) is 10.9. The fourth-order valence-electron chi connectivity index (χ4n) is 5.67. The summed E-state index contributed by atoms with van der Waals surface area (Å²) in [6.45, 7) is 6.66. The van der Waals surface area contributed by atoms with Crippen molar-refractivity contribution in [2.75, 3.05) is 31.6 Å². The molecule has 4 aromatic rings. The van der Waals surface area contributed by atoms with E-state index in [0.717, 1.165) is 60.9 Å². The quantitative estimate of drug-likeness (QED) is 0.408. The maximum atomic E-state index is 13.8. The maximum absolute atomic E-state index is 13.8. The van der Waals surface area contributed by atoms with Gasteiger partial charge in [0.05, 0.1) is 11.7 Å². The highest BCUT2D eigenvalue weighted by Crippen LogP contribution is 2.28. The first-order valence-electron chi connectivity index (χ1n) is 12.6. The van der Waals surface area contributed by atoms with E-state index < -0.39 is 0 Å². The number of piperidine rings is 1. The van der Waals surface area contributed by atoms with Gasteiger partial charge in [0.2, 0.25) is 0 Å². The molecule has 1 aromatic carbocycles. The van der Waals surface area contributed by atoms with Gasteiger partial charge in [0, 0.05) is 43.3 Å². The van der Waals surface area contributed by atoms with Crippen LogP contribution in [0.2, 0.25) is 0 Å². The van der Waals surface area contributed by atoms with Crippen LogP contribution in [0.5, 0.6) is 0 Å². The van der Waals surface area contributed by atoms with Crippen molar-refractivity contribution in [1.29, 1.82) is 0 Å². The number of thiazole rings is 1. The minimum atomic E-state index is 0.145. The Morgan fingerprint density at radius 2 is 1.82 bits per heavy atom. The summed E-state index contributed by atoms with van der Waals surface area (Å²) in [4.78, 5) is 24.2. The highest BCUT2D eigenvalue weighted by molar-refractivity contribution is 7.15. The molecule has 34 heavy (non-hydrogen) atoms. The number of aromatic nitrogens is 3. The first-order chi connectivity index (χ1) is 16.6. The molecule has 4 heterocycles. The first kappa shape index (κ1) is 21.9. The van der Waals surface area contributed by atoms with E-state index >= 15 is 0 Å². The van der Waals surface area contributed by atoms with E-state index in [2.05, 4.69) is 55.5 Å². The monoisotopic (exact) mass is 475 g/mol. The summed E-state index contributed by atoms with van der Waals surface area (Å²) in [5.74, 6) is 0.906. The Bertz CT molecular complexity index is 1410. The Kier molecular flexibility index (Phi) is 5.70. The van der Waals surface area contributed by atoms with Crippen molar-refractivity contribution < 1.29 is 0 Å². The molecule has 0 amide bonds. The zero-order chi connectivity index (χ0) is 23.2. The minimum Gasteiger partial charge on any atom is -0.354 e. The zero-order valence-electron chi connectivity index (χ0n) is 20.2. The number of likely N-dealkylation sites (tertiary alicyclic amines) is 1. The predicted molar refractivity (Wildman–Crippen MR) is 140 cm³/mol. The Balaban J connectivity index is 1.36. The molecule has 1 aliphatic carbocycles. The molecule has 6 nitrogen and oxygen atoms in total. The minimum absolute atomic E-state index is 0.145. The van der Waals surface area contributed by atoms with Crippen LogP contribution in [0.4, 0.5) is 5.82 Å². The molecule has 0 N–H and O–H groups in total. The molecular formula is C27H33N5OS. The van der Waals surface area contributed by atoms with Crippen molar-refractivity contribution >= 4 is 33.0 Å². The second-order valence-electron chi connectivity index (χ2n) is 10.0. The number of anilines is 1. The van der Waals surface area contributed by atoms with E-state index in [1.165, 1.54) is 47.9 Å². The van der Waals surface area contributed by atoms with Crippen LogP contribution in [0.1, 0.15) is 48.1 Å². The second kappa shape index (κ2) is 8.86. The fourth-order valence-corrected chi connectivity index (χ4v) is 6.52. The molecular weight excluding hydrogens is 442 g/mol. The zero-order valence-corrected chi connectivity index (χ0v) is 21.0. The molecule has 0 spiro atoms. The Hall–Kier alpha value is -2.64. The largest absolute Gasteiger partial charge is 0.354 e. The molecule has 3 aromatic heterocycles. The molecule has 7 heteroatoms. The van der Waals surface area contributed by atoms with Crippen LogP contribution in [-0.4, -0.2) is 45.5 Å². The van der Waals surface area contributed by atoms with Crippen molar-refractivity contribution in [2.45, 2.75) is 58.5 Å². The first-order valence-corrected chi connectivity index (χ1v) is 13.5. The van der Waals surface area contributed by atoms with Gasteiger partial charge in [0.15, 0.2) is 4.96 Å². The number of benzene rings is 1. The number of aryl methyl sites for hydroxylation is 3. The van der Waals surface area contributed by atoms with Gasteiger partial charge in [0.25, 0.3) is 5.56 Å². The summed E-state index contributed by atoms with van der Waals surface area (Å²) >= 11 is 1.65. The molecule has 1 saturated heterocycles. The normalized spacial score (nSPS) is 16.5. The molecule has 2 aliphatic rings. The van der Waals surface area contributed by atoms with Crippen molar-refractivity contribution in [3.05, 3.63) is 62.5 Å². The Morgan fingerprint density at radius 1 is 1.03 bits per heavy atom. The smallest absolute Gasteiger partial charge is 0.256 e. The van der Waals surface area contributed by atoms with E-state index in [1.54, 1.807) is 11.3 Å². The molecule has 1 aliphatic heterocycles. The van der Waals surface area contributed by atoms with Crippen molar-refractivity contribution in [3.63, 3.8) is 0 Å². The summed E-state index contributed by atoms with van der Waals surface area (Å²) < 4.78 is 4.18. The lowest BCUT2D eigenvalue weighted by Crippen LogP contribution is -2.36. The average Bonchev–Trinajstić information content (AvgIpc) is 3.56. The number of pyridine rings is 1. The van der Waals surface area contributed by atoms with Gasteiger partial charge in [-0.15, -0.1) is 11.3 Å². The van der Waals surface area contributed by atoms with Gasteiger partial charge in [-0.1, -0.05) is 6.42 Å².